The quantitative estimate of drug-likeness (QED) is 0.710. The first-order valence-corrected chi connectivity index (χ1v) is 6.87. The van der Waals surface area contributed by atoms with Crippen LogP contribution in [0.3, 0.4) is 0 Å². The average molecular weight is 254 g/mol. The molecule has 2 saturated carbocycles. The maximum atomic E-state index is 11.8. The molecule has 0 radical (unpaired) electrons. The topological polar surface area (TPSA) is 52.6 Å². The third-order valence-corrected chi connectivity index (χ3v) is 4.43. The molecule has 2 aliphatic rings. The van der Waals surface area contributed by atoms with Gasteiger partial charge < -0.3 is 9.47 Å². The Kier molecular flexibility index (Phi) is 4.25. The third kappa shape index (κ3) is 2.85. The van der Waals surface area contributed by atoms with Gasteiger partial charge in [-0.1, -0.05) is 25.7 Å². The normalized spacial score (nSPS) is 35.4. The van der Waals surface area contributed by atoms with Crippen molar-refractivity contribution in [2.75, 3.05) is 7.11 Å². The number of hydrogen-bond donors (Lipinski definition) is 0. The number of carbonyl (C=O) groups is 2. The molecular weight excluding hydrogens is 232 g/mol. The molecule has 0 aromatic heterocycles. The van der Waals surface area contributed by atoms with Gasteiger partial charge in [-0.2, -0.15) is 0 Å². The van der Waals surface area contributed by atoms with Crippen molar-refractivity contribution in [3.05, 3.63) is 0 Å². The van der Waals surface area contributed by atoms with E-state index in [9.17, 15) is 9.59 Å². The highest BCUT2D eigenvalue weighted by atomic mass is 16.6. The van der Waals surface area contributed by atoms with Gasteiger partial charge in [-0.05, 0) is 24.7 Å². The Morgan fingerprint density at radius 2 is 1.67 bits per heavy atom. The minimum Gasteiger partial charge on any atom is -0.469 e. The van der Waals surface area contributed by atoms with E-state index in [1.807, 2.05) is 0 Å². The van der Waals surface area contributed by atoms with Crippen LogP contribution in [0.25, 0.3) is 0 Å². The van der Waals surface area contributed by atoms with Gasteiger partial charge in [0.1, 0.15) is 6.10 Å². The van der Waals surface area contributed by atoms with Crippen LogP contribution in [0.4, 0.5) is 0 Å². The van der Waals surface area contributed by atoms with Crippen LogP contribution in [0, 0.1) is 17.8 Å². The van der Waals surface area contributed by atoms with Crippen LogP contribution in [-0.2, 0) is 19.1 Å². The molecule has 4 heteroatoms. The fraction of sp³-hybridized carbons (Fsp3) is 0.857. The number of hydrogen-bond acceptors (Lipinski definition) is 4. The molecule has 18 heavy (non-hydrogen) atoms. The molecule has 0 aliphatic heterocycles. The first kappa shape index (κ1) is 13.4. The second kappa shape index (κ2) is 5.72. The number of methoxy groups -OCH3 is 1. The SMILES string of the molecule is COC(=O)[C@H]1C[C@H]2CCCC[C@H]2C[C@H]1OC(C)=O. The van der Waals surface area contributed by atoms with Crippen LogP contribution in [0.5, 0.6) is 0 Å². The van der Waals surface area contributed by atoms with Gasteiger partial charge >= 0.3 is 11.9 Å². The van der Waals surface area contributed by atoms with Gasteiger partial charge in [-0.15, -0.1) is 0 Å². The molecular formula is C14H22O4. The van der Waals surface area contributed by atoms with Crippen LogP contribution >= 0.6 is 0 Å². The lowest BCUT2D eigenvalue weighted by Crippen LogP contribution is -2.43. The van der Waals surface area contributed by atoms with Gasteiger partial charge in [0.25, 0.3) is 0 Å². The molecule has 0 aromatic rings. The van der Waals surface area contributed by atoms with Gasteiger partial charge in [0.2, 0.25) is 0 Å². The lowest BCUT2D eigenvalue weighted by molar-refractivity contribution is -0.165. The highest BCUT2D eigenvalue weighted by Crippen LogP contribution is 2.44. The van der Waals surface area contributed by atoms with Crippen molar-refractivity contribution in [2.24, 2.45) is 17.8 Å². The smallest absolute Gasteiger partial charge is 0.312 e. The van der Waals surface area contributed by atoms with Crippen molar-refractivity contribution < 1.29 is 19.1 Å². The van der Waals surface area contributed by atoms with Gasteiger partial charge in [-0.3, -0.25) is 9.59 Å². The number of rotatable bonds is 2. The summed E-state index contributed by atoms with van der Waals surface area (Å²) in [5.41, 5.74) is 0. The maximum Gasteiger partial charge on any atom is 0.312 e. The van der Waals surface area contributed by atoms with Gasteiger partial charge in [0, 0.05) is 6.92 Å². The largest absolute Gasteiger partial charge is 0.469 e. The molecule has 4 atom stereocenters. The average Bonchev–Trinajstić information content (AvgIpc) is 2.36. The Labute approximate surface area is 108 Å². The van der Waals surface area contributed by atoms with Crippen molar-refractivity contribution in [2.45, 2.75) is 51.6 Å². The van der Waals surface area contributed by atoms with E-state index in [2.05, 4.69) is 0 Å². The Hall–Kier alpha value is -1.06. The predicted molar refractivity (Wildman–Crippen MR) is 65.7 cm³/mol. The number of ether oxygens (including phenoxy) is 2. The van der Waals surface area contributed by atoms with Crippen LogP contribution in [-0.4, -0.2) is 25.2 Å². The molecule has 102 valence electrons. The second-order valence-electron chi connectivity index (χ2n) is 5.55. The molecule has 0 spiro atoms. The molecule has 2 aliphatic carbocycles. The standard InChI is InChI=1S/C14H22O4/c1-9(15)18-13-8-11-6-4-3-5-10(11)7-12(13)14(16)17-2/h10-13H,3-8H2,1-2H3/t10-,11+,12+,13-/m1/s1. The fourth-order valence-corrected chi connectivity index (χ4v) is 3.59. The zero-order valence-electron chi connectivity index (χ0n) is 11.2. The zero-order valence-corrected chi connectivity index (χ0v) is 11.2. The van der Waals surface area contributed by atoms with Crippen molar-refractivity contribution >= 4 is 11.9 Å². The zero-order chi connectivity index (χ0) is 13.1. The van der Waals surface area contributed by atoms with Crippen LogP contribution < -0.4 is 0 Å². The van der Waals surface area contributed by atoms with E-state index in [4.69, 9.17) is 9.47 Å². The highest BCUT2D eigenvalue weighted by molar-refractivity contribution is 5.74. The molecule has 0 unspecified atom stereocenters. The van der Waals surface area contributed by atoms with Gasteiger partial charge in [-0.25, -0.2) is 0 Å². The summed E-state index contributed by atoms with van der Waals surface area (Å²) in [4.78, 5) is 23.0. The number of esters is 2. The van der Waals surface area contributed by atoms with E-state index in [0.717, 1.165) is 12.8 Å². The monoisotopic (exact) mass is 254 g/mol. The second-order valence-corrected chi connectivity index (χ2v) is 5.55. The van der Waals surface area contributed by atoms with E-state index in [-0.39, 0.29) is 24.0 Å². The molecule has 2 fully saturated rings. The van der Waals surface area contributed by atoms with E-state index < -0.39 is 0 Å². The molecule has 4 nitrogen and oxygen atoms in total. The van der Waals surface area contributed by atoms with Crippen LogP contribution in [0.2, 0.25) is 0 Å². The van der Waals surface area contributed by atoms with Gasteiger partial charge in [0.15, 0.2) is 0 Å². The highest BCUT2D eigenvalue weighted by Gasteiger charge is 2.43. The van der Waals surface area contributed by atoms with Crippen molar-refractivity contribution in [1.29, 1.82) is 0 Å². The third-order valence-electron chi connectivity index (χ3n) is 4.43. The van der Waals surface area contributed by atoms with E-state index in [1.165, 1.54) is 39.7 Å². The molecule has 0 amide bonds. The first-order chi connectivity index (χ1) is 8.61. The first-order valence-electron chi connectivity index (χ1n) is 6.87. The summed E-state index contributed by atoms with van der Waals surface area (Å²) < 4.78 is 10.2. The predicted octanol–water partition coefficient (Wildman–Crippen LogP) is 2.31. The minimum absolute atomic E-state index is 0.231. The Morgan fingerprint density at radius 3 is 2.22 bits per heavy atom. The lowest BCUT2D eigenvalue weighted by Gasteiger charge is -2.42. The van der Waals surface area contributed by atoms with Crippen molar-refractivity contribution in [1.82, 2.24) is 0 Å². The van der Waals surface area contributed by atoms with Crippen molar-refractivity contribution in [3.63, 3.8) is 0 Å². The molecule has 2 rings (SSSR count). The number of fused-ring (bicyclic) bond motifs is 1. The summed E-state index contributed by atoms with van der Waals surface area (Å²) in [6.45, 7) is 1.40. The van der Waals surface area contributed by atoms with Gasteiger partial charge in [0.05, 0.1) is 13.0 Å². The fourth-order valence-electron chi connectivity index (χ4n) is 3.59. The molecule has 0 aromatic carbocycles. The minimum atomic E-state index is -0.303. The van der Waals surface area contributed by atoms with E-state index in [1.54, 1.807) is 0 Å². The summed E-state index contributed by atoms with van der Waals surface area (Å²) in [6, 6.07) is 0. The molecule has 0 heterocycles. The van der Waals surface area contributed by atoms with E-state index in [0.29, 0.717) is 11.8 Å². The van der Waals surface area contributed by atoms with Crippen molar-refractivity contribution in [3.8, 4) is 0 Å². The Bertz CT molecular complexity index is 326. The van der Waals surface area contributed by atoms with Crippen LogP contribution in [0.15, 0.2) is 0 Å². The van der Waals surface area contributed by atoms with E-state index >= 15 is 0 Å². The van der Waals surface area contributed by atoms with Crippen LogP contribution in [0.1, 0.15) is 45.4 Å². The summed E-state index contributed by atoms with van der Waals surface area (Å²) in [7, 11) is 1.40. The molecule has 0 bridgehead atoms. The molecule has 0 N–H and O–H groups in total. The Balaban J connectivity index is 2.08. The summed E-state index contributed by atoms with van der Waals surface area (Å²) in [5.74, 6) is 0.422. The lowest BCUT2D eigenvalue weighted by atomic mass is 9.66. The number of carbonyl (C=O) groups excluding carboxylic acids is 2. The molecule has 0 saturated heterocycles. The summed E-state index contributed by atoms with van der Waals surface area (Å²) in [5, 5.41) is 0. The summed E-state index contributed by atoms with van der Waals surface area (Å²) in [6.07, 6.45) is 6.28. The summed E-state index contributed by atoms with van der Waals surface area (Å²) >= 11 is 0. The Morgan fingerprint density at radius 1 is 1.06 bits per heavy atom. The maximum absolute atomic E-state index is 11.8.